The Kier molecular flexibility index (Phi) is 4.75. The molecule has 0 heterocycles. The van der Waals surface area contributed by atoms with Crippen molar-refractivity contribution < 1.29 is 0 Å². The number of hydrogen-bond acceptors (Lipinski definition) is 3. The van der Waals surface area contributed by atoms with Crippen LogP contribution in [0.1, 0.15) is 16.7 Å². The zero-order valence-electron chi connectivity index (χ0n) is 11.9. The van der Waals surface area contributed by atoms with E-state index in [1.807, 2.05) is 44.4 Å². The van der Waals surface area contributed by atoms with E-state index >= 15 is 0 Å². The van der Waals surface area contributed by atoms with Gasteiger partial charge in [0.1, 0.15) is 6.07 Å². The van der Waals surface area contributed by atoms with Crippen LogP contribution in [0.5, 0.6) is 0 Å². The predicted molar refractivity (Wildman–Crippen MR) is 82.5 cm³/mol. The van der Waals surface area contributed by atoms with Gasteiger partial charge in [-0.15, -0.1) is 0 Å². The average Bonchev–Trinajstić information content (AvgIpc) is 2.48. The molecule has 3 nitrogen and oxygen atoms in total. The Balaban J connectivity index is 2.21. The Morgan fingerprint density at radius 1 is 1.10 bits per heavy atom. The molecule has 2 rings (SSSR count). The molecule has 3 heteroatoms. The van der Waals surface area contributed by atoms with Crippen molar-refractivity contribution in [1.82, 2.24) is 5.32 Å². The summed E-state index contributed by atoms with van der Waals surface area (Å²) >= 11 is 0. The van der Waals surface area contributed by atoms with E-state index in [1.165, 1.54) is 5.56 Å². The third kappa shape index (κ3) is 3.37. The second-order valence-corrected chi connectivity index (χ2v) is 4.84. The van der Waals surface area contributed by atoms with Gasteiger partial charge in [0.15, 0.2) is 0 Å². The summed E-state index contributed by atoms with van der Waals surface area (Å²) in [5.41, 5.74) is 4.05. The molecule has 0 atom stereocenters. The number of hydrogen-bond donors (Lipinski definition) is 1. The third-order valence-electron chi connectivity index (χ3n) is 3.24. The quantitative estimate of drug-likeness (QED) is 0.903. The van der Waals surface area contributed by atoms with Gasteiger partial charge in [0, 0.05) is 20.1 Å². The first-order valence-electron chi connectivity index (χ1n) is 6.67. The first kappa shape index (κ1) is 14.1. The summed E-state index contributed by atoms with van der Waals surface area (Å²) in [4.78, 5) is 2.11. The molecular formula is C17H19N3. The zero-order chi connectivity index (χ0) is 14.4. The predicted octanol–water partition coefficient (Wildman–Crippen LogP) is 2.91. The third-order valence-corrected chi connectivity index (χ3v) is 3.24. The minimum absolute atomic E-state index is 0.719. The van der Waals surface area contributed by atoms with E-state index in [1.54, 1.807) is 0 Å². The van der Waals surface area contributed by atoms with E-state index in [0.717, 1.165) is 29.9 Å². The highest BCUT2D eigenvalue weighted by molar-refractivity contribution is 5.60. The number of nitriles is 1. The Morgan fingerprint density at radius 2 is 1.85 bits per heavy atom. The molecule has 0 radical (unpaired) electrons. The van der Waals surface area contributed by atoms with Gasteiger partial charge in [0.2, 0.25) is 0 Å². The number of benzene rings is 2. The Hall–Kier alpha value is -2.31. The molecule has 0 aliphatic carbocycles. The first-order valence-corrected chi connectivity index (χ1v) is 6.67. The summed E-state index contributed by atoms with van der Waals surface area (Å²) in [5, 5.41) is 12.4. The highest BCUT2D eigenvalue weighted by atomic mass is 15.1. The molecule has 1 N–H and O–H groups in total. The number of nitrogens with zero attached hydrogens (tertiary/aromatic N) is 2. The summed E-state index contributed by atoms with van der Waals surface area (Å²) in [6.45, 7) is 1.57. The second-order valence-electron chi connectivity index (χ2n) is 4.84. The molecule has 0 unspecified atom stereocenters. The fraction of sp³-hybridized carbons (Fsp3) is 0.235. The minimum atomic E-state index is 0.719. The maximum absolute atomic E-state index is 9.33. The van der Waals surface area contributed by atoms with Crippen LogP contribution in [0, 0.1) is 11.3 Å². The highest BCUT2D eigenvalue weighted by Gasteiger charge is 2.08. The van der Waals surface area contributed by atoms with Crippen molar-refractivity contribution >= 4 is 5.69 Å². The molecule has 0 saturated carbocycles. The van der Waals surface area contributed by atoms with Crippen molar-refractivity contribution in [3.63, 3.8) is 0 Å². The van der Waals surface area contributed by atoms with Crippen LogP contribution < -0.4 is 10.2 Å². The lowest BCUT2D eigenvalue weighted by Crippen LogP contribution is -2.17. The van der Waals surface area contributed by atoms with Crippen molar-refractivity contribution in [2.45, 2.75) is 13.1 Å². The molecule has 2 aromatic rings. The number of anilines is 1. The van der Waals surface area contributed by atoms with Crippen LogP contribution in [0.2, 0.25) is 0 Å². The molecule has 0 fully saturated rings. The van der Waals surface area contributed by atoms with Gasteiger partial charge >= 0.3 is 0 Å². The Labute approximate surface area is 120 Å². The van der Waals surface area contributed by atoms with Crippen molar-refractivity contribution in [2.24, 2.45) is 0 Å². The van der Waals surface area contributed by atoms with Crippen LogP contribution in [-0.2, 0) is 13.1 Å². The zero-order valence-corrected chi connectivity index (χ0v) is 11.9. The lowest BCUT2D eigenvalue weighted by atomic mass is 10.1. The number of nitrogens with one attached hydrogen (secondary N) is 1. The molecule has 0 spiro atoms. The standard InChI is InChI=1S/C17H19N3/c1-19-12-15-8-9-17(16(10-15)11-18)20(2)13-14-6-4-3-5-7-14/h3-10,19H,12-13H2,1-2H3. The first-order chi connectivity index (χ1) is 9.74. The smallest absolute Gasteiger partial charge is 0.101 e. The lowest BCUT2D eigenvalue weighted by molar-refractivity contribution is 0.816. The molecule has 0 saturated heterocycles. The normalized spacial score (nSPS) is 10.1. The van der Waals surface area contributed by atoms with Crippen molar-refractivity contribution in [3.05, 3.63) is 65.2 Å². The Morgan fingerprint density at radius 3 is 2.50 bits per heavy atom. The summed E-state index contributed by atoms with van der Waals surface area (Å²) in [5.74, 6) is 0. The van der Waals surface area contributed by atoms with Crippen LogP contribution in [0.4, 0.5) is 5.69 Å². The Bertz CT molecular complexity index is 599. The molecule has 0 bridgehead atoms. The summed E-state index contributed by atoms with van der Waals surface area (Å²) in [6.07, 6.45) is 0. The molecule has 0 amide bonds. The minimum Gasteiger partial charge on any atom is -0.369 e. The monoisotopic (exact) mass is 265 g/mol. The van der Waals surface area contributed by atoms with E-state index in [-0.39, 0.29) is 0 Å². The molecule has 2 aromatic carbocycles. The van der Waals surface area contributed by atoms with Crippen LogP contribution in [0.25, 0.3) is 0 Å². The van der Waals surface area contributed by atoms with Gasteiger partial charge in [-0.2, -0.15) is 5.26 Å². The lowest BCUT2D eigenvalue weighted by Gasteiger charge is -2.21. The molecule has 0 aromatic heterocycles. The fourth-order valence-electron chi connectivity index (χ4n) is 2.26. The largest absolute Gasteiger partial charge is 0.369 e. The van der Waals surface area contributed by atoms with Gasteiger partial charge in [-0.05, 0) is 30.3 Å². The van der Waals surface area contributed by atoms with Crippen molar-refractivity contribution in [2.75, 3.05) is 19.0 Å². The van der Waals surface area contributed by atoms with Gasteiger partial charge in [-0.25, -0.2) is 0 Å². The van der Waals surface area contributed by atoms with Crippen LogP contribution in [0.15, 0.2) is 48.5 Å². The van der Waals surface area contributed by atoms with E-state index in [9.17, 15) is 5.26 Å². The van der Waals surface area contributed by atoms with E-state index in [4.69, 9.17) is 0 Å². The summed E-state index contributed by atoms with van der Waals surface area (Å²) in [7, 11) is 3.92. The summed E-state index contributed by atoms with van der Waals surface area (Å²) < 4.78 is 0. The maximum Gasteiger partial charge on any atom is 0.101 e. The summed E-state index contributed by atoms with van der Waals surface area (Å²) in [6, 6.07) is 18.6. The second kappa shape index (κ2) is 6.74. The molecule has 20 heavy (non-hydrogen) atoms. The number of rotatable bonds is 5. The average molecular weight is 265 g/mol. The van der Waals surface area contributed by atoms with Crippen LogP contribution in [0.3, 0.4) is 0 Å². The fourth-order valence-corrected chi connectivity index (χ4v) is 2.26. The van der Waals surface area contributed by atoms with Gasteiger partial charge in [-0.1, -0.05) is 36.4 Å². The molecular weight excluding hydrogens is 246 g/mol. The SMILES string of the molecule is CNCc1ccc(N(C)Cc2ccccc2)c(C#N)c1. The maximum atomic E-state index is 9.33. The van der Waals surface area contributed by atoms with E-state index < -0.39 is 0 Å². The van der Waals surface area contributed by atoms with Crippen LogP contribution in [-0.4, -0.2) is 14.1 Å². The van der Waals surface area contributed by atoms with Gasteiger partial charge in [0.05, 0.1) is 11.3 Å². The molecule has 102 valence electrons. The van der Waals surface area contributed by atoms with Crippen LogP contribution >= 0.6 is 0 Å². The van der Waals surface area contributed by atoms with Gasteiger partial charge in [-0.3, -0.25) is 0 Å². The van der Waals surface area contributed by atoms with E-state index in [2.05, 4.69) is 34.5 Å². The van der Waals surface area contributed by atoms with Gasteiger partial charge in [0.25, 0.3) is 0 Å². The van der Waals surface area contributed by atoms with Crippen molar-refractivity contribution in [1.29, 1.82) is 5.26 Å². The van der Waals surface area contributed by atoms with Crippen molar-refractivity contribution in [3.8, 4) is 6.07 Å². The van der Waals surface area contributed by atoms with Gasteiger partial charge < -0.3 is 10.2 Å². The highest BCUT2D eigenvalue weighted by Crippen LogP contribution is 2.22. The molecule has 0 aliphatic rings. The molecule has 0 aliphatic heterocycles. The van der Waals surface area contributed by atoms with E-state index in [0.29, 0.717) is 0 Å². The topological polar surface area (TPSA) is 39.1 Å².